The van der Waals surface area contributed by atoms with Crippen molar-refractivity contribution < 1.29 is 19.1 Å². The molecule has 3 atom stereocenters. The molecule has 220 valence electrons. The molecule has 4 amide bonds. The molecule has 2 aromatic carbocycles. The number of ether oxygens (including phenoxy) is 1. The summed E-state index contributed by atoms with van der Waals surface area (Å²) in [6.45, 7) is 3.28. The molecule has 1 spiro atoms. The lowest BCUT2D eigenvalue weighted by atomic mass is 9.73. The predicted molar refractivity (Wildman–Crippen MR) is 157 cm³/mol. The summed E-state index contributed by atoms with van der Waals surface area (Å²) < 4.78 is 5.94. The Morgan fingerprint density at radius 1 is 1.07 bits per heavy atom. The van der Waals surface area contributed by atoms with Gasteiger partial charge in [-0.25, -0.2) is 4.79 Å². The SMILES string of the molecule is CN(C)C(=O)[C@@H]1CC2(CCN(C(=O)C(COCc3ccccc3)NC(=O)NC3CCCNC3)CC2)c2ccccc21. The number of nitrogens with zero attached hydrogens (tertiary/aromatic N) is 2. The molecule has 9 heteroatoms. The first kappa shape index (κ1) is 29.1. The van der Waals surface area contributed by atoms with Gasteiger partial charge in [-0.05, 0) is 55.3 Å². The zero-order chi connectivity index (χ0) is 28.8. The van der Waals surface area contributed by atoms with Gasteiger partial charge in [0.1, 0.15) is 6.04 Å². The Bertz CT molecular complexity index is 1210. The highest BCUT2D eigenvalue weighted by Gasteiger charge is 2.48. The Morgan fingerprint density at radius 2 is 1.80 bits per heavy atom. The summed E-state index contributed by atoms with van der Waals surface area (Å²) in [4.78, 5) is 43.3. The summed E-state index contributed by atoms with van der Waals surface area (Å²) in [5.74, 6) is -0.147. The van der Waals surface area contributed by atoms with Crippen LogP contribution < -0.4 is 16.0 Å². The fourth-order valence-corrected chi connectivity index (χ4v) is 6.68. The molecule has 41 heavy (non-hydrogen) atoms. The van der Waals surface area contributed by atoms with Crippen LogP contribution in [-0.2, 0) is 26.3 Å². The van der Waals surface area contributed by atoms with Crippen LogP contribution >= 0.6 is 0 Å². The Kier molecular flexibility index (Phi) is 9.25. The zero-order valence-corrected chi connectivity index (χ0v) is 24.2. The third-order valence-electron chi connectivity index (χ3n) is 8.91. The minimum Gasteiger partial charge on any atom is -0.374 e. The summed E-state index contributed by atoms with van der Waals surface area (Å²) in [5.41, 5.74) is 3.25. The number of likely N-dealkylation sites (tertiary alicyclic amines) is 1. The van der Waals surface area contributed by atoms with Gasteiger partial charge in [-0.3, -0.25) is 9.59 Å². The molecule has 2 aliphatic heterocycles. The standard InChI is InChI=1S/C32H43N5O4/c1-36(2)29(38)26-19-32(27-13-7-6-12-25(26)27)14-17-37(18-15-32)30(39)28(22-41-21-23-9-4-3-5-10-23)35-31(40)34-24-11-8-16-33-20-24/h3-7,9-10,12-13,24,26,28,33H,8,11,14-22H2,1-2H3,(H2,34,35,40)/t24?,26-,28?/m1/s1. The number of likely N-dealkylation sites (N-methyl/N-ethyl adjacent to an activating group) is 1. The maximum Gasteiger partial charge on any atom is 0.315 e. The quantitative estimate of drug-likeness (QED) is 0.460. The summed E-state index contributed by atoms with van der Waals surface area (Å²) >= 11 is 0. The van der Waals surface area contributed by atoms with Crippen LogP contribution in [-0.4, -0.2) is 86.6 Å². The van der Waals surface area contributed by atoms with E-state index in [1.807, 2.05) is 61.5 Å². The second-order valence-electron chi connectivity index (χ2n) is 11.9. The zero-order valence-electron chi connectivity index (χ0n) is 24.2. The first-order valence-electron chi connectivity index (χ1n) is 14.8. The molecule has 9 nitrogen and oxygen atoms in total. The Balaban J connectivity index is 1.24. The van der Waals surface area contributed by atoms with Crippen molar-refractivity contribution in [3.05, 3.63) is 71.3 Å². The van der Waals surface area contributed by atoms with Crippen LogP contribution in [0.1, 0.15) is 54.7 Å². The molecule has 3 aliphatic rings. The fraction of sp³-hybridized carbons (Fsp3) is 0.531. The molecule has 2 fully saturated rings. The topological polar surface area (TPSA) is 103 Å². The van der Waals surface area contributed by atoms with E-state index in [-0.39, 0.29) is 41.8 Å². The number of rotatable bonds is 8. The van der Waals surface area contributed by atoms with Crippen LogP contribution in [0.5, 0.6) is 0 Å². The van der Waals surface area contributed by atoms with Crippen molar-refractivity contribution in [1.82, 2.24) is 25.8 Å². The average Bonchev–Trinajstić information content (AvgIpc) is 3.31. The fourth-order valence-electron chi connectivity index (χ4n) is 6.68. The predicted octanol–water partition coefficient (Wildman–Crippen LogP) is 2.76. The van der Waals surface area contributed by atoms with Gasteiger partial charge in [-0.15, -0.1) is 0 Å². The van der Waals surface area contributed by atoms with Gasteiger partial charge in [0.15, 0.2) is 0 Å². The maximum atomic E-state index is 13.8. The highest BCUT2D eigenvalue weighted by Crippen LogP contribution is 2.52. The Labute approximate surface area is 243 Å². The van der Waals surface area contributed by atoms with Crippen LogP contribution in [0.25, 0.3) is 0 Å². The first-order chi connectivity index (χ1) is 19.9. The summed E-state index contributed by atoms with van der Waals surface area (Å²) in [6, 6.07) is 17.0. The summed E-state index contributed by atoms with van der Waals surface area (Å²) in [5, 5.41) is 9.23. The number of hydrogen-bond acceptors (Lipinski definition) is 5. The van der Waals surface area contributed by atoms with Gasteiger partial charge in [-0.2, -0.15) is 0 Å². The van der Waals surface area contributed by atoms with Crippen molar-refractivity contribution in [3.8, 4) is 0 Å². The van der Waals surface area contributed by atoms with E-state index in [1.54, 1.807) is 4.90 Å². The van der Waals surface area contributed by atoms with E-state index in [2.05, 4.69) is 28.1 Å². The molecule has 5 rings (SSSR count). The number of nitrogens with one attached hydrogen (secondary N) is 3. The first-order valence-corrected chi connectivity index (χ1v) is 14.8. The lowest BCUT2D eigenvalue weighted by Crippen LogP contribution is -2.57. The lowest BCUT2D eigenvalue weighted by molar-refractivity contribution is -0.137. The van der Waals surface area contributed by atoms with Gasteiger partial charge >= 0.3 is 6.03 Å². The molecule has 2 unspecified atom stereocenters. The maximum absolute atomic E-state index is 13.8. The summed E-state index contributed by atoms with van der Waals surface area (Å²) in [7, 11) is 3.62. The molecule has 0 aromatic heterocycles. The van der Waals surface area contributed by atoms with E-state index in [1.165, 1.54) is 5.56 Å². The van der Waals surface area contributed by atoms with E-state index < -0.39 is 6.04 Å². The van der Waals surface area contributed by atoms with E-state index >= 15 is 0 Å². The number of carbonyl (C=O) groups excluding carboxylic acids is 3. The van der Waals surface area contributed by atoms with E-state index in [4.69, 9.17) is 4.74 Å². The van der Waals surface area contributed by atoms with Crippen molar-refractivity contribution in [2.45, 2.75) is 62.1 Å². The number of piperidine rings is 2. The molecule has 2 saturated heterocycles. The number of benzene rings is 2. The number of urea groups is 1. The highest BCUT2D eigenvalue weighted by atomic mass is 16.5. The normalized spacial score (nSPS) is 22.0. The number of carbonyl (C=O) groups is 3. The van der Waals surface area contributed by atoms with Crippen molar-refractivity contribution in [2.24, 2.45) is 0 Å². The molecular formula is C32H43N5O4. The van der Waals surface area contributed by atoms with E-state index in [0.29, 0.717) is 19.7 Å². The van der Waals surface area contributed by atoms with E-state index in [9.17, 15) is 14.4 Å². The molecule has 2 aromatic rings. The van der Waals surface area contributed by atoms with Gasteiger partial charge in [0.25, 0.3) is 0 Å². The van der Waals surface area contributed by atoms with Crippen LogP contribution in [0.3, 0.4) is 0 Å². The second kappa shape index (κ2) is 13.0. The number of fused-ring (bicyclic) bond motifs is 2. The van der Waals surface area contributed by atoms with Crippen LogP contribution in [0, 0.1) is 0 Å². The average molecular weight is 562 g/mol. The second-order valence-corrected chi connectivity index (χ2v) is 11.9. The smallest absolute Gasteiger partial charge is 0.315 e. The number of amides is 4. The Morgan fingerprint density at radius 3 is 2.51 bits per heavy atom. The van der Waals surface area contributed by atoms with Crippen molar-refractivity contribution in [2.75, 3.05) is 46.9 Å². The molecule has 3 N–H and O–H groups in total. The van der Waals surface area contributed by atoms with E-state index in [0.717, 1.165) is 56.3 Å². The molecule has 2 heterocycles. The van der Waals surface area contributed by atoms with Gasteiger partial charge in [0.2, 0.25) is 11.8 Å². The minimum atomic E-state index is -0.789. The van der Waals surface area contributed by atoms with Crippen molar-refractivity contribution in [3.63, 3.8) is 0 Å². The van der Waals surface area contributed by atoms with Crippen LogP contribution in [0.15, 0.2) is 54.6 Å². The molecule has 0 bridgehead atoms. The third kappa shape index (κ3) is 6.73. The lowest BCUT2D eigenvalue weighted by Gasteiger charge is -2.41. The van der Waals surface area contributed by atoms with Crippen molar-refractivity contribution in [1.29, 1.82) is 0 Å². The monoisotopic (exact) mass is 561 g/mol. The van der Waals surface area contributed by atoms with Gasteiger partial charge in [0.05, 0.1) is 19.1 Å². The Hall–Kier alpha value is -3.43. The van der Waals surface area contributed by atoms with Gasteiger partial charge in [0, 0.05) is 45.2 Å². The molecular weight excluding hydrogens is 518 g/mol. The highest BCUT2D eigenvalue weighted by molar-refractivity contribution is 5.88. The van der Waals surface area contributed by atoms with Crippen LogP contribution in [0.4, 0.5) is 4.79 Å². The molecule has 0 radical (unpaired) electrons. The molecule has 0 saturated carbocycles. The van der Waals surface area contributed by atoms with Gasteiger partial charge < -0.3 is 30.5 Å². The number of hydrogen-bond donors (Lipinski definition) is 3. The third-order valence-corrected chi connectivity index (χ3v) is 8.91. The summed E-state index contributed by atoms with van der Waals surface area (Å²) in [6.07, 6.45) is 4.25. The molecule has 1 aliphatic carbocycles. The van der Waals surface area contributed by atoms with Crippen molar-refractivity contribution >= 4 is 17.8 Å². The minimum absolute atomic E-state index is 0.0415. The van der Waals surface area contributed by atoms with Gasteiger partial charge in [-0.1, -0.05) is 54.6 Å². The largest absolute Gasteiger partial charge is 0.374 e. The van der Waals surface area contributed by atoms with Crippen LogP contribution in [0.2, 0.25) is 0 Å².